The van der Waals surface area contributed by atoms with Crippen molar-refractivity contribution in [3.8, 4) is 11.5 Å². The topological polar surface area (TPSA) is 83.5 Å². The summed E-state index contributed by atoms with van der Waals surface area (Å²) in [5, 5.41) is 10.7. The van der Waals surface area contributed by atoms with Crippen molar-refractivity contribution in [2.24, 2.45) is 10.9 Å². The van der Waals surface area contributed by atoms with E-state index in [4.69, 9.17) is 4.74 Å². The maximum atomic E-state index is 14.3. The van der Waals surface area contributed by atoms with Gasteiger partial charge in [0.2, 0.25) is 0 Å². The summed E-state index contributed by atoms with van der Waals surface area (Å²) in [7, 11) is 1.63. The van der Waals surface area contributed by atoms with E-state index in [0.29, 0.717) is 22.3 Å². The molecule has 2 aliphatic heterocycles. The zero-order chi connectivity index (χ0) is 20.1. The first kappa shape index (κ1) is 17.2. The number of H-pyrrole nitrogens is 1. The highest BCUT2D eigenvalue weighted by molar-refractivity contribution is 6.44. The van der Waals surface area contributed by atoms with Gasteiger partial charge in [0.1, 0.15) is 17.0 Å². The zero-order valence-corrected chi connectivity index (χ0v) is 15.1. The normalized spacial score (nSPS) is 18.1. The monoisotopic (exact) mass is 393 g/mol. The predicted molar refractivity (Wildman–Crippen MR) is 101 cm³/mol. The Balaban J connectivity index is 1.70. The molecule has 5 rings (SSSR count). The molecule has 1 unspecified atom stereocenters. The van der Waals surface area contributed by atoms with Crippen molar-refractivity contribution < 1.29 is 18.3 Å². The summed E-state index contributed by atoms with van der Waals surface area (Å²) in [5.74, 6) is -2.01. The first-order valence-electron chi connectivity index (χ1n) is 8.73. The van der Waals surface area contributed by atoms with Gasteiger partial charge in [0.05, 0.1) is 5.92 Å². The number of carbonyl (C=O) groups excluding carboxylic acids is 1. The summed E-state index contributed by atoms with van der Waals surface area (Å²) < 4.78 is 33.4. The minimum absolute atomic E-state index is 0.153. The third-order valence-corrected chi connectivity index (χ3v) is 4.85. The highest BCUT2D eigenvalue weighted by atomic mass is 19.1. The van der Waals surface area contributed by atoms with Gasteiger partial charge in [0, 0.05) is 31.1 Å². The van der Waals surface area contributed by atoms with Gasteiger partial charge in [-0.1, -0.05) is 6.08 Å². The molecule has 0 saturated carbocycles. The SMILES string of the molecule is CN1C=C(c2ccc3n[nH]nc3c2Oc2ccc(F)cc2F)C2C=CN=C2C1=O. The lowest BCUT2D eigenvalue weighted by Crippen LogP contribution is -2.37. The molecule has 1 amide bonds. The molecule has 1 N–H and O–H groups in total. The number of carbonyl (C=O) groups is 1. The van der Waals surface area contributed by atoms with Gasteiger partial charge in [-0.3, -0.25) is 9.79 Å². The average molecular weight is 393 g/mol. The van der Waals surface area contributed by atoms with Crippen LogP contribution < -0.4 is 4.74 Å². The Morgan fingerprint density at radius 3 is 2.86 bits per heavy atom. The number of rotatable bonds is 3. The van der Waals surface area contributed by atoms with E-state index >= 15 is 0 Å². The fourth-order valence-electron chi connectivity index (χ4n) is 3.47. The Labute approximate surface area is 163 Å². The van der Waals surface area contributed by atoms with Gasteiger partial charge in [-0.2, -0.15) is 15.4 Å². The third kappa shape index (κ3) is 2.70. The Morgan fingerprint density at radius 2 is 2.03 bits per heavy atom. The number of nitrogens with zero attached hydrogens (tertiary/aromatic N) is 4. The van der Waals surface area contributed by atoms with Crippen molar-refractivity contribution in [3.05, 3.63) is 66.0 Å². The van der Waals surface area contributed by atoms with Gasteiger partial charge in [-0.15, -0.1) is 0 Å². The molecule has 9 heteroatoms. The number of fused-ring (bicyclic) bond motifs is 2. The molecule has 2 aliphatic rings. The Kier molecular flexibility index (Phi) is 3.76. The predicted octanol–water partition coefficient (Wildman–Crippen LogP) is 3.43. The first-order chi connectivity index (χ1) is 14.0. The van der Waals surface area contributed by atoms with Crippen LogP contribution in [0.4, 0.5) is 8.78 Å². The standard InChI is InChI=1S/C20H13F2N5O2/c1-27-9-13(11-6-7-23-17(11)20(27)28)12-3-4-15-18(25-26-24-15)19(12)29-16-5-2-10(21)8-14(16)22/h2-9,11H,1H3,(H,24,25,26). The minimum atomic E-state index is -0.843. The molecule has 0 bridgehead atoms. The second-order valence-corrected chi connectivity index (χ2v) is 6.64. The van der Waals surface area contributed by atoms with Crippen LogP contribution in [0.1, 0.15) is 5.56 Å². The Bertz CT molecular complexity index is 1260. The molecule has 0 spiro atoms. The van der Waals surface area contributed by atoms with Crippen LogP contribution in [-0.4, -0.2) is 39.0 Å². The van der Waals surface area contributed by atoms with Crippen LogP contribution in [0.2, 0.25) is 0 Å². The fraction of sp³-hybridized carbons (Fsp3) is 0.100. The Morgan fingerprint density at radius 1 is 1.17 bits per heavy atom. The number of aliphatic imine (C=N–C) groups is 1. The first-order valence-corrected chi connectivity index (χ1v) is 8.73. The number of hydrogen-bond acceptors (Lipinski definition) is 5. The second kappa shape index (κ2) is 6.33. The van der Waals surface area contributed by atoms with Crippen molar-refractivity contribution >= 4 is 28.2 Å². The van der Waals surface area contributed by atoms with E-state index in [2.05, 4.69) is 20.4 Å². The number of aromatic amines is 1. The number of amides is 1. The van der Waals surface area contributed by atoms with Crippen molar-refractivity contribution in [2.45, 2.75) is 0 Å². The van der Waals surface area contributed by atoms with Crippen LogP contribution in [0.3, 0.4) is 0 Å². The lowest BCUT2D eigenvalue weighted by molar-refractivity contribution is -0.121. The van der Waals surface area contributed by atoms with Crippen LogP contribution in [-0.2, 0) is 4.79 Å². The molecule has 0 saturated heterocycles. The average Bonchev–Trinajstić information content (AvgIpc) is 3.37. The van der Waals surface area contributed by atoms with Gasteiger partial charge in [0.15, 0.2) is 22.8 Å². The van der Waals surface area contributed by atoms with Crippen LogP contribution in [0.15, 0.2) is 53.8 Å². The number of halogens is 2. The summed E-state index contributed by atoms with van der Waals surface area (Å²) in [4.78, 5) is 18.0. The molecule has 3 heterocycles. The van der Waals surface area contributed by atoms with Crippen molar-refractivity contribution in [2.75, 3.05) is 7.05 Å². The maximum Gasteiger partial charge on any atom is 0.272 e. The van der Waals surface area contributed by atoms with Crippen molar-refractivity contribution in [1.82, 2.24) is 20.3 Å². The summed E-state index contributed by atoms with van der Waals surface area (Å²) in [5.41, 5.74) is 2.63. The molecular weight excluding hydrogens is 380 g/mol. The van der Waals surface area contributed by atoms with Gasteiger partial charge < -0.3 is 9.64 Å². The summed E-state index contributed by atoms with van der Waals surface area (Å²) in [6.45, 7) is 0. The van der Waals surface area contributed by atoms with E-state index in [1.54, 1.807) is 37.7 Å². The molecule has 1 aromatic heterocycles. The Hall–Kier alpha value is -3.88. The lowest BCUT2D eigenvalue weighted by Gasteiger charge is -2.27. The van der Waals surface area contributed by atoms with E-state index in [-0.39, 0.29) is 23.3 Å². The summed E-state index contributed by atoms with van der Waals surface area (Å²) in [6.07, 6.45) is 5.08. The fourth-order valence-corrected chi connectivity index (χ4v) is 3.47. The van der Waals surface area contributed by atoms with Crippen LogP contribution in [0.25, 0.3) is 16.6 Å². The van der Waals surface area contributed by atoms with Gasteiger partial charge in [0.25, 0.3) is 5.91 Å². The molecule has 0 radical (unpaired) electrons. The van der Waals surface area contributed by atoms with Crippen LogP contribution in [0.5, 0.6) is 11.5 Å². The van der Waals surface area contributed by atoms with Crippen molar-refractivity contribution in [3.63, 3.8) is 0 Å². The summed E-state index contributed by atoms with van der Waals surface area (Å²) >= 11 is 0. The smallest absolute Gasteiger partial charge is 0.272 e. The number of ether oxygens (including phenoxy) is 1. The van der Waals surface area contributed by atoms with Gasteiger partial charge >= 0.3 is 0 Å². The van der Waals surface area contributed by atoms with Crippen LogP contribution in [0, 0.1) is 17.6 Å². The highest BCUT2D eigenvalue weighted by Crippen LogP contribution is 2.42. The minimum Gasteiger partial charge on any atom is -0.451 e. The van der Waals surface area contributed by atoms with Gasteiger partial charge in [-0.05, 0) is 29.8 Å². The molecule has 1 atom stereocenters. The lowest BCUT2D eigenvalue weighted by atomic mass is 9.86. The van der Waals surface area contributed by atoms with E-state index in [0.717, 1.165) is 17.7 Å². The molecule has 0 fully saturated rings. The third-order valence-electron chi connectivity index (χ3n) is 4.85. The number of nitrogens with one attached hydrogen (secondary N) is 1. The summed E-state index contributed by atoms with van der Waals surface area (Å²) in [6, 6.07) is 6.57. The van der Waals surface area contributed by atoms with E-state index < -0.39 is 11.6 Å². The quantitative estimate of drug-likeness (QED) is 0.739. The number of benzene rings is 2. The number of aromatic nitrogens is 3. The van der Waals surface area contributed by atoms with E-state index in [1.165, 1.54) is 11.0 Å². The molecular formula is C20H13F2N5O2. The molecule has 2 aromatic carbocycles. The largest absolute Gasteiger partial charge is 0.451 e. The molecule has 29 heavy (non-hydrogen) atoms. The number of hydrogen-bond donors (Lipinski definition) is 1. The number of allylic oxidation sites excluding steroid dienone is 2. The molecule has 3 aromatic rings. The molecule has 144 valence electrons. The van der Waals surface area contributed by atoms with E-state index in [1.807, 2.05) is 0 Å². The zero-order valence-electron chi connectivity index (χ0n) is 15.1. The van der Waals surface area contributed by atoms with Gasteiger partial charge in [-0.25, -0.2) is 8.78 Å². The molecule has 0 aliphatic carbocycles. The highest BCUT2D eigenvalue weighted by Gasteiger charge is 2.35. The van der Waals surface area contributed by atoms with E-state index in [9.17, 15) is 13.6 Å². The van der Waals surface area contributed by atoms with Crippen molar-refractivity contribution in [1.29, 1.82) is 0 Å². The maximum absolute atomic E-state index is 14.3. The van der Waals surface area contributed by atoms with Crippen LogP contribution >= 0.6 is 0 Å². The molecule has 7 nitrogen and oxygen atoms in total. The second-order valence-electron chi connectivity index (χ2n) is 6.64.